The van der Waals surface area contributed by atoms with E-state index in [0.717, 1.165) is 19.0 Å². The molecule has 0 bridgehead atoms. The summed E-state index contributed by atoms with van der Waals surface area (Å²) in [4.78, 5) is 6.84. The van der Waals surface area contributed by atoms with E-state index < -0.39 is 0 Å². The molecule has 2 saturated heterocycles. The van der Waals surface area contributed by atoms with Crippen molar-refractivity contribution in [3.05, 3.63) is 18.2 Å². The van der Waals surface area contributed by atoms with Crippen LogP contribution in [0.25, 0.3) is 0 Å². The SMILES string of the molecule is CN1CCC(CCn2cncc2C2CCCCN2)CC1. The van der Waals surface area contributed by atoms with E-state index in [4.69, 9.17) is 0 Å². The first kappa shape index (κ1) is 14.1. The Kier molecular flexibility index (Phi) is 4.73. The fourth-order valence-corrected chi connectivity index (χ4v) is 3.58. The normalized spacial score (nSPS) is 25.9. The number of aryl methyl sites for hydroxylation is 1. The molecule has 0 saturated carbocycles. The number of nitrogens with zero attached hydrogens (tertiary/aromatic N) is 3. The Hall–Kier alpha value is -0.870. The minimum atomic E-state index is 0.531. The summed E-state index contributed by atoms with van der Waals surface area (Å²) in [5.41, 5.74) is 1.40. The maximum Gasteiger partial charge on any atom is 0.0948 e. The molecule has 1 aromatic heterocycles. The van der Waals surface area contributed by atoms with Crippen LogP contribution in [0.15, 0.2) is 12.5 Å². The molecular weight excluding hydrogens is 248 g/mol. The Morgan fingerprint density at radius 2 is 2.10 bits per heavy atom. The zero-order chi connectivity index (χ0) is 13.8. The molecular formula is C16H28N4. The lowest BCUT2D eigenvalue weighted by atomic mass is 9.93. The van der Waals surface area contributed by atoms with Gasteiger partial charge in [0.25, 0.3) is 0 Å². The van der Waals surface area contributed by atoms with Crippen molar-refractivity contribution in [3.63, 3.8) is 0 Å². The second-order valence-electron chi connectivity index (χ2n) is 6.55. The molecule has 1 aromatic rings. The zero-order valence-corrected chi connectivity index (χ0v) is 12.7. The molecule has 2 fully saturated rings. The molecule has 4 nitrogen and oxygen atoms in total. The van der Waals surface area contributed by atoms with Crippen molar-refractivity contribution in [1.82, 2.24) is 19.8 Å². The molecule has 0 aliphatic carbocycles. The van der Waals surface area contributed by atoms with Gasteiger partial charge in [-0.15, -0.1) is 0 Å². The van der Waals surface area contributed by atoms with Gasteiger partial charge in [0.15, 0.2) is 0 Å². The minimum absolute atomic E-state index is 0.531. The molecule has 0 spiro atoms. The van der Waals surface area contributed by atoms with Crippen LogP contribution in [-0.4, -0.2) is 41.1 Å². The molecule has 4 heteroatoms. The smallest absolute Gasteiger partial charge is 0.0948 e. The molecule has 3 rings (SSSR count). The number of nitrogens with one attached hydrogen (secondary N) is 1. The van der Waals surface area contributed by atoms with Crippen molar-refractivity contribution < 1.29 is 0 Å². The van der Waals surface area contributed by atoms with Crippen molar-refractivity contribution in [1.29, 1.82) is 0 Å². The van der Waals surface area contributed by atoms with Crippen molar-refractivity contribution in [2.24, 2.45) is 5.92 Å². The highest BCUT2D eigenvalue weighted by atomic mass is 15.1. The minimum Gasteiger partial charge on any atom is -0.333 e. The van der Waals surface area contributed by atoms with Gasteiger partial charge in [-0.25, -0.2) is 4.98 Å². The highest BCUT2D eigenvalue weighted by Crippen LogP contribution is 2.25. The van der Waals surface area contributed by atoms with Crippen LogP contribution >= 0.6 is 0 Å². The van der Waals surface area contributed by atoms with Crippen LogP contribution < -0.4 is 5.32 Å². The predicted molar refractivity (Wildman–Crippen MR) is 81.7 cm³/mol. The molecule has 1 atom stereocenters. The maximum atomic E-state index is 4.39. The van der Waals surface area contributed by atoms with Gasteiger partial charge in [-0.1, -0.05) is 6.42 Å². The third-order valence-electron chi connectivity index (χ3n) is 5.03. The second-order valence-corrected chi connectivity index (χ2v) is 6.55. The number of aromatic nitrogens is 2. The lowest BCUT2D eigenvalue weighted by Gasteiger charge is -2.29. The summed E-state index contributed by atoms with van der Waals surface area (Å²) in [7, 11) is 2.24. The quantitative estimate of drug-likeness (QED) is 0.917. The van der Waals surface area contributed by atoms with Gasteiger partial charge < -0.3 is 14.8 Å². The molecule has 1 unspecified atom stereocenters. The van der Waals surface area contributed by atoms with Crippen LogP contribution in [0.1, 0.15) is 50.3 Å². The van der Waals surface area contributed by atoms with Gasteiger partial charge in [0.2, 0.25) is 0 Å². The number of likely N-dealkylation sites (tertiary alicyclic amines) is 1. The van der Waals surface area contributed by atoms with Gasteiger partial charge in [0.1, 0.15) is 0 Å². The van der Waals surface area contributed by atoms with Gasteiger partial charge in [0.05, 0.1) is 12.0 Å². The van der Waals surface area contributed by atoms with Crippen LogP contribution in [0.2, 0.25) is 0 Å². The Balaban J connectivity index is 1.54. The average molecular weight is 276 g/mol. The molecule has 0 aromatic carbocycles. The highest BCUT2D eigenvalue weighted by Gasteiger charge is 2.20. The van der Waals surface area contributed by atoms with E-state index in [1.165, 1.54) is 57.3 Å². The molecule has 0 amide bonds. The molecule has 3 heterocycles. The Morgan fingerprint density at radius 1 is 1.25 bits per heavy atom. The van der Waals surface area contributed by atoms with Crippen LogP contribution in [-0.2, 0) is 6.54 Å². The first-order valence-corrected chi connectivity index (χ1v) is 8.25. The number of imidazole rings is 1. The zero-order valence-electron chi connectivity index (χ0n) is 12.7. The Morgan fingerprint density at radius 3 is 2.85 bits per heavy atom. The largest absolute Gasteiger partial charge is 0.333 e. The fraction of sp³-hybridized carbons (Fsp3) is 0.812. The van der Waals surface area contributed by atoms with Crippen LogP contribution in [0.5, 0.6) is 0 Å². The number of hydrogen-bond donors (Lipinski definition) is 1. The predicted octanol–water partition coefficient (Wildman–Crippen LogP) is 2.43. The third-order valence-corrected chi connectivity index (χ3v) is 5.03. The molecule has 112 valence electrons. The molecule has 0 radical (unpaired) electrons. The Bertz CT molecular complexity index is 400. The number of rotatable bonds is 4. The van der Waals surface area contributed by atoms with E-state index in [1.54, 1.807) is 0 Å². The molecule has 2 aliphatic rings. The topological polar surface area (TPSA) is 33.1 Å². The lowest BCUT2D eigenvalue weighted by Crippen LogP contribution is -2.31. The van der Waals surface area contributed by atoms with E-state index in [1.807, 2.05) is 6.33 Å². The van der Waals surface area contributed by atoms with Crippen molar-refractivity contribution in [3.8, 4) is 0 Å². The summed E-state index contributed by atoms with van der Waals surface area (Å²) in [5, 5.41) is 3.64. The van der Waals surface area contributed by atoms with E-state index >= 15 is 0 Å². The van der Waals surface area contributed by atoms with E-state index in [9.17, 15) is 0 Å². The average Bonchev–Trinajstić information content (AvgIpc) is 2.96. The summed E-state index contributed by atoms with van der Waals surface area (Å²) >= 11 is 0. The Labute approximate surface area is 122 Å². The molecule has 1 N–H and O–H groups in total. The first-order valence-electron chi connectivity index (χ1n) is 8.25. The van der Waals surface area contributed by atoms with Crippen LogP contribution in [0.3, 0.4) is 0 Å². The van der Waals surface area contributed by atoms with Crippen LogP contribution in [0, 0.1) is 5.92 Å². The van der Waals surface area contributed by atoms with Crippen molar-refractivity contribution in [2.75, 3.05) is 26.7 Å². The van der Waals surface area contributed by atoms with Gasteiger partial charge >= 0.3 is 0 Å². The first-order chi connectivity index (χ1) is 9.83. The molecule has 2 aliphatic heterocycles. The number of hydrogen-bond acceptors (Lipinski definition) is 3. The highest BCUT2D eigenvalue weighted by molar-refractivity contribution is 5.06. The van der Waals surface area contributed by atoms with Gasteiger partial charge in [-0.3, -0.25) is 0 Å². The van der Waals surface area contributed by atoms with E-state index in [-0.39, 0.29) is 0 Å². The fourth-order valence-electron chi connectivity index (χ4n) is 3.58. The summed E-state index contributed by atoms with van der Waals surface area (Å²) in [6.45, 7) is 4.84. The van der Waals surface area contributed by atoms with Crippen LogP contribution in [0.4, 0.5) is 0 Å². The standard InChI is InChI=1S/C16H28N4/c1-19-9-5-14(6-10-19)7-11-20-13-17-12-16(20)15-4-2-3-8-18-15/h12-15,18H,2-11H2,1H3. The van der Waals surface area contributed by atoms with E-state index in [0.29, 0.717) is 6.04 Å². The number of piperidine rings is 2. The maximum absolute atomic E-state index is 4.39. The summed E-state index contributed by atoms with van der Waals surface area (Å²) in [6, 6.07) is 0.531. The molecule has 20 heavy (non-hydrogen) atoms. The summed E-state index contributed by atoms with van der Waals surface area (Å²) in [6.07, 6.45) is 12.1. The monoisotopic (exact) mass is 276 g/mol. The van der Waals surface area contributed by atoms with E-state index in [2.05, 4.69) is 33.0 Å². The van der Waals surface area contributed by atoms with Crippen molar-refractivity contribution in [2.45, 2.75) is 51.1 Å². The van der Waals surface area contributed by atoms with Gasteiger partial charge in [0, 0.05) is 18.8 Å². The van der Waals surface area contributed by atoms with Gasteiger partial charge in [-0.05, 0) is 64.7 Å². The third kappa shape index (κ3) is 3.41. The van der Waals surface area contributed by atoms with Gasteiger partial charge in [-0.2, -0.15) is 0 Å². The lowest BCUT2D eigenvalue weighted by molar-refractivity contribution is 0.207. The second kappa shape index (κ2) is 6.72. The van der Waals surface area contributed by atoms with Crippen molar-refractivity contribution >= 4 is 0 Å². The summed E-state index contributed by atoms with van der Waals surface area (Å²) in [5.74, 6) is 0.903. The summed E-state index contributed by atoms with van der Waals surface area (Å²) < 4.78 is 2.39.